The molecule has 3 atom stereocenters. The number of anilines is 1. The molecule has 1 aromatic heterocycles. The van der Waals surface area contributed by atoms with Crippen molar-refractivity contribution in [2.45, 2.75) is 44.6 Å². The number of hydrogen-bond donors (Lipinski definition) is 1. The lowest BCUT2D eigenvalue weighted by molar-refractivity contribution is -0.143. The molecule has 0 aliphatic carbocycles. The predicted octanol–water partition coefficient (Wildman–Crippen LogP) is 3.08. The van der Waals surface area contributed by atoms with Gasteiger partial charge in [0.15, 0.2) is 0 Å². The van der Waals surface area contributed by atoms with Crippen molar-refractivity contribution in [1.29, 1.82) is 0 Å². The number of likely N-dealkylation sites (N-methyl/N-ethyl adjacent to an activating group) is 1. The van der Waals surface area contributed by atoms with Gasteiger partial charge in [-0.3, -0.25) is 19.5 Å². The minimum Gasteiger partial charge on any atom is -0.493 e. The van der Waals surface area contributed by atoms with Crippen LogP contribution in [-0.4, -0.2) is 102 Å². The summed E-state index contributed by atoms with van der Waals surface area (Å²) in [7, 11) is 1.78. The van der Waals surface area contributed by atoms with E-state index in [4.69, 9.17) is 4.74 Å². The molecule has 0 saturated carbocycles. The number of hydrogen-bond acceptors (Lipinski definition) is 6. The second kappa shape index (κ2) is 12.2. The van der Waals surface area contributed by atoms with Gasteiger partial charge in [0, 0.05) is 64.3 Å². The smallest absolute Gasteiger partial charge is 0.319 e. The Kier molecular flexibility index (Phi) is 8.54. The van der Waals surface area contributed by atoms with Crippen LogP contribution >= 0.6 is 0 Å². The molecule has 40 heavy (non-hydrogen) atoms. The largest absolute Gasteiger partial charge is 0.493 e. The van der Waals surface area contributed by atoms with Crippen molar-refractivity contribution in [1.82, 2.24) is 19.7 Å². The van der Waals surface area contributed by atoms with Crippen molar-refractivity contribution in [3.8, 4) is 5.75 Å². The van der Waals surface area contributed by atoms with Crippen molar-refractivity contribution >= 4 is 23.6 Å². The maximum Gasteiger partial charge on any atom is 0.319 e. The minimum absolute atomic E-state index is 0.0370. The van der Waals surface area contributed by atoms with Crippen LogP contribution in [0.2, 0.25) is 0 Å². The van der Waals surface area contributed by atoms with Gasteiger partial charge in [-0.15, -0.1) is 0 Å². The highest BCUT2D eigenvalue weighted by atomic mass is 16.5. The molecule has 0 radical (unpaired) electrons. The Hall–Kier alpha value is -3.66. The summed E-state index contributed by atoms with van der Waals surface area (Å²) in [6.07, 6.45) is 6.47. The molecule has 2 saturated heterocycles. The lowest BCUT2D eigenvalue weighted by Crippen LogP contribution is -2.46. The third kappa shape index (κ3) is 5.77. The average molecular weight is 550 g/mol. The van der Waals surface area contributed by atoms with Crippen molar-refractivity contribution in [3.63, 3.8) is 0 Å². The van der Waals surface area contributed by atoms with Crippen LogP contribution in [0.15, 0.2) is 42.7 Å². The third-order valence-corrected chi connectivity index (χ3v) is 8.50. The topological polar surface area (TPSA) is 107 Å². The fourth-order valence-electron chi connectivity index (χ4n) is 6.31. The van der Waals surface area contributed by atoms with E-state index >= 15 is 0 Å². The van der Waals surface area contributed by atoms with E-state index in [1.54, 1.807) is 34.1 Å². The number of ether oxygens (including phenoxy) is 1. The molecule has 3 amide bonds. The van der Waals surface area contributed by atoms with Crippen molar-refractivity contribution in [2.24, 2.45) is 5.92 Å². The highest BCUT2D eigenvalue weighted by molar-refractivity contribution is 5.94. The van der Waals surface area contributed by atoms with E-state index in [1.165, 1.54) is 0 Å². The Balaban J connectivity index is 1.42. The number of carboxylic acids is 1. The van der Waals surface area contributed by atoms with Crippen LogP contribution in [0.1, 0.15) is 43.2 Å². The number of unbranched alkanes of at least 4 members (excludes halogenated alkanes) is 1. The van der Waals surface area contributed by atoms with Gasteiger partial charge in [-0.2, -0.15) is 0 Å². The fourth-order valence-corrected chi connectivity index (χ4v) is 6.31. The molecule has 1 unspecified atom stereocenters. The molecule has 1 N–H and O–H groups in total. The lowest BCUT2D eigenvalue weighted by atomic mass is 9.83. The summed E-state index contributed by atoms with van der Waals surface area (Å²) in [5, 5.41) is 10.5. The number of urea groups is 1. The standard InChI is InChI=1S/C30H39N5O5/c1-3-4-12-35(23-6-5-11-31-18-23)27(36)20-34-19-24(21-7-8-26-22(17-21)10-16-40-26)28(29(37)38)25(34)9-13-33-15-14-32(2)30(33)39/h5-8,11,17-18,24-25,28H,3-4,9-10,12-16,19-20H2,1-2H3,(H,37,38)/t24-,25+,28?/m1/s1. The maximum absolute atomic E-state index is 13.8. The molecule has 2 fully saturated rings. The number of benzene rings is 1. The predicted molar refractivity (Wildman–Crippen MR) is 151 cm³/mol. The highest BCUT2D eigenvalue weighted by Crippen LogP contribution is 2.41. The number of carbonyl (C=O) groups is 3. The van der Waals surface area contributed by atoms with Crippen molar-refractivity contribution in [3.05, 3.63) is 53.9 Å². The van der Waals surface area contributed by atoms with E-state index in [-0.39, 0.29) is 24.4 Å². The Bertz CT molecular complexity index is 1220. The van der Waals surface area contributed by atoms with Gasteiger partial charge in [0.1, 0.15) is 5.75 Å². The van der Waals surface area contributed by atoms with E-state index in [1.807, 2.05) is 29.2 Å². The first-order valence-corrected chi connectivity index (χ1v) is 14.3. The van der Waals surface area contributed by atoms with E-state index in [0.29, 0.717) is 45.8 Å². The summed E-state index contributed by atoms with van der Waals surface area (Å²) >= 11 is 0. The maximum atomic E-state index is 13.8. The van der Waals surface area contributed by atoms with Crippen LogP contribution in [-0.2, 0) is 16.0 Å². The van der Waals surface area contributed by atoms with Gasteiger partial charge in [0.2, 0.25) is 5.91 Å². The van der Waals surface area contributed by atoms with Gasteiger partial charge in [0.25, 0.3) is 0 Å². The van der Waals surface area contributed by atoms with Crippen LogP contribution < -0.4 is 9.64 Å². The number of pyridine rings is 1. The zero-order chi connectivity index (χ0) is 28.2. The Morgan fingerprint density at radius 3 is 2.77 bits per heavy atom. The summed E-state index contributed by atoms with van der Waals surface area (Å²) in [5.41, 5.74) is 2.80. The van der Waals surface area contributed by atoms with Gasteiger partial charge in [0.05, 0.1) is 31.0 Å². The quantitative estimate of drug-likeness (QED) is 0.459. The number of rotatable bonds is 11. The van der Waals surface area contributed by atoms with Gasteiger partial charge in [-0.25, -0.2) is 4.79 Å². The van der Waals surface area contributed by atoms with Crippen LogP contribution in [0.25, 0.3) is 0 Å². The molecule has 214 valence electrons. The number of fused-ring (bicyclic) bond motifs is 1. The number of carboxylic acid groups (broad SMARTS) is 1. The zero-order valence-electron chi connectivity index (χ0n) is 23.4. The van der Waals surface area contributed by atoms with Gasteiger partial charge in [-0.1, -0.05) is 25.5 Å². The van der Waals surface area contributed by atoms with Crippen molar-refractivity contribution in [2.75, 3.05) is 57.8 Å². The average Bonchev–Trinajstić information content (AvgIpc) is 3.65. The molecule has 3 aliphatic heterocycles. The number of carbonyl (C=O) groups excluding carboxylic acids is 2. The van der Waals surface area contributed by atoms with E-state index < -0.39 is 17.9 Å². The molecule has 2 aromatic rings. The Labute approximate surface area is 235 Å². The molecule has 10 nitrogen and oxygen atoms in total. The summed E-state index contributed by atoms with van der Waals surface area (Å²) in [4.78, 5) is 50.7. The van der Waals surface area contributed by atoms with E-state index in [2.05, 4.69) is 18.0 Å². The highest BCUT2D eigenvalue weighted by Gasteiger charge is 2.47. The second-order valence-corrected chi connectivity index (χ2v) is 11.0. The second-order valence-electron chi connectivity index (χ2n) is 11.0. The number of likely N-dealkylation sites (tertiary alicyclic amines) is 1. The first kappa shape index (κ1) is 27.9. The van der Waals surface area contributed by atoms with Crippen LogP contribution in [0.3, 0.4) is 0 Å². The fraction of sp³-hybridized carbons (Fsp3) is 0.533. The number of amides is 3. The molecule has 10 heteroatoms. The molecular weight excluding hydrogens is 510 g/mol. The van der Waals surface area contributed by atoms with Gasteiger partial charge in [-0.05, 0) is 42.2 Å². The lowest BCUT2D eigenvalue weighted by Gasteiger charge is -2.30. The minimum atomic E-state index is -0.873. The summed E-state index contributed by atoms with van der Waals surface area (Å²) in [6.45, 7) is 5.59. The normalized spacial score (nSPS) is 22.4. The summed E-state index contributed by atoms with van der Waals surface area (Å²) < 4.78 is 5.68. The van der Waals surface area contributed by atoms with Crippen LogP contribution in [0, 0.1) is 5.92 Å². The summed E-state index contributed by atoms with van der Waals surface area (Å²) in [5.74, 6) is -1.07. The van der Waals surface area contributed by atoms with Crippen LogP contribution in [0.4, 0.5) is 10.5 Å². The van der Waals surface area contributed by atoms with E-state index in [9.17, 15) is 19.5 Å². The van der Waals surface area contributed by atoms with E-state index in [0.717, 1.165) is 41.8 Å². The molecule has 4 heterocycles. The number of aromatic nitrogens is 1. The molecule has 3 aliphatic rings. The monoisotopic (exact) mass is 549 g/mol. The number of aliphatic carboxylic acids is 1. The van der Waals surface area contributed by atoms with Crippen LogP contribution in [0.5, 0.6) is 5.75 Å². The summed E-state index contributed by atoms with van der Waals surface area (Å²) in [6, 6.07) is 9.25. The molecule has 5 rings (SSSR count). The SMILES string of the molecule is CCCCN(C(=O)CN1C[C@H](c2ccc3c(c2)CCO3)C(C(=O)O)[C@@H]1CCN1CCN(C)C1=O)c1cccnc1. The molecular formula is C30H39N5O5. The van der Waals surface area contributed by atoms with Gasteiger partial charge >= 0.3 is 12.0 Å². The first-order valence-electron chi connectivity index (χ1n) is 14.3. The third-order valence-electron chi connectivity index (χ3n) is 8.50. The zero-order valence-corrected chi connectivity index (χ0v) is 23.4. The molecule has 0 spiro atoms. The number of nitrogens with zero attached hydrogens (tertiary/aromatic N) is 5. The Morgan fingerprint density at radius 2 is 2.08 bits per heavy atom. The first-order chi connectivity index (χ1) is 19.4. The Morgan fingerprint density at radius 1 is 1.23 bits per heavy atom. The van der Waals surface area contributed by atoms with Crippen molar-refractivity contribution < 1.29 is 24.2 Å². The molecule has 1 aromatic carbocycles. The molecule has 0 bridgehead atoms. The van der Waals surface area contributed by atoms with Gasteiger partial charge < -0.3 is 24.5 Å².